The summed E-state index contributed by atoms with van der Waals surface area (Å²) in [6, 6.07) is 0. The van der Waals surface area contributed by atoms with Gasteiger partial charge in [0.1, 0.15) is 0 Å². The Balaban J connectivity index is 4.10. The Hall–Kier alpha value is -0.0300. The van der Waals surface area contributed by atoms with E-state index in [1.54, 1.807) is 0 Å². The molecular weight excluding hydrogens is 565 g/mol. The fourth-order valence-electron chi connectivity index (χ4n) is 6.42. The molecule has 0 aromatic carbocycles. The first kappa shape index (κ1) is 43.0. The summed E-state index contributed by atoms with van der Waals surface area (Å²) in [4.78, 5) is 18.9. The van der Waals surface area contributed by atoms with Gasteiger partial charge >= 0.3 is 7.82 Å². The summed E-state index contributed by atoms with van der Waals surface area (Å²) in [6.07, 6.45) is 33.2. The van der Waals surface area contributed by atoms with E-state index in [0.29, 0.717) is 12.8 Å². The average Bonchev–Trinajstić information content (AvgIpc) is 2.98. The van der Waals surface area contributed by atoms with E-state index in [1.165, 1.54) is 128 Å². The first-order valence-corrected chi connectivity index (χ1v) is 20.3. The molecule has 0 aliphatic heterocycles. The predicted octanol–water partition coefficient (Wildman–Crippen LogP) is 13.0. The van der Waals surface area contributed by atoms with Crippen LogP contribution in [-0.2, 0) is 9.09 Å². The smallest absolute Gasteiger partial charge is 0.303 e. The molecule has 0 saturated carbocycles. The van der Waals surface area contributed by atoms with Gasteiger partial charge in [0.2, 0.25) is 0 Å². The van der Waals surface area contributed by atoms with Crippen molar-refractivity contribution in [3.63, 3.8) is 0 Å². The molecule has 0 heterocycles. The first-order valence-electron chi connectivity index (χ1n) is 18.7. The minimum Gasteiger partial charge on any atom is -0.303 e. The number of hydrogen-bond acceptors (Lipinski definition) is 2. The monoisotopic (exact) mass is 639 g/mol. The van der Waals surface area contributed by atoms with Crippen molar-refractivity contribution in [2.75, 3.05) is 13.3 Å². The zero-order valence-corrected chi connectivity index (χ0v) is 29.5. The Morgan fingerprint density at radius 3 is 1.07 bits per heavy atom. The third kappa shape index (κ3) is 29.1. The third-order valence-corrected chi connectivity index (χ3v) is 9.80. The molecular formula is C36H73F2O4P. The van der Waals surface area contributed by atoms with Gasteiger partial charge in [-0.25, -0.2) is 4.57 Å². The molecule has 0 radical (unpaired) electrons. The highest BCUT2D eigenvalue weighted by Gasteiger charge is 2.34. The minimum absolute atomic E-state index is 0.367. The second-order valence-electron chi connectivity index (χ2n) is 13.3. The van der Waals surface area contributed by atoms with Gasteiger partial charge in [0.15, 0.2) is 0 Å². The molecule has 0 aliphatic carbocycles. The van der Waals surface area contributed by atoms with E-state index in [0.717, 1.165) is 44.9 Å². The molecule has 43 heavy (non-hydrogen) atoms. The van der Waals surface area contributed by atoms with Crippen molar-refractivity contribution in [3.05, 3.63) is 0 Å². The minimum atomic E-state index is -4.77. The molecule has 0 bridgehead atoms. The Kier molecular flexibility index (Phi) is 31.9. The Labute approximate surface area is 266 Å². The van der Waals surface area contributed by atoms with Crippen molar-refractivity contribution in [3.8, 4) is 0 Å². The van der Waals surface area contributed by atoms with Crippen molar-refractivity contribution < 1.29 is 27.7 Å². The molecule has 0 aromatic heterocycles. The Morgan fingerprint density at radius 2 is 0.791 bits per heavy atom. The van der Waals surface area contributed by atoms with Crippen molar-refractivity contribution in [1.82, 2.24) is 0 Å². The fraction of sp³-hybridized carbons (Fsp3) is 1.00. The lowest BCUT2D eigenvalue weighted by Crippen LogP contribution is -2.33. The van der Waals surface area contributed by atoms with Crippen molar-refractivity contribution in [1.29, 1.82) is 0 Å². The van der Waals surface area contributed by atoms with E-state index in [-0.39, 0.29) is 0 Å². The number of alkyl halides is 2. The molecule has 260 valence electrons. The molecule has 7 heteroatoms. The summed E-state index contributed by atoms with van der Waals surface area (Å²) >= 11 is 0. The number of halogens is 2. The summed E-state index contributed by atoms with van der Waals surface area (Å²) in [5, 5.41) is 0. The van der Waals surface area contributed by atoms with Gasteiger partial charge in [-0.1, -0.05) is 187 Å². The molecule has 0 fully saturated rings. The number of phosphoric ester groups is 1. The summed E-state index contributed by atoms with van der Waals surface area (Å²) in [5.41, 5.74) is 0. The van der Waals surface area contributed by atoms with Crippen LogP contribution < -0.4 is 0 Å². The van der Waals surface area contributed by atoms with Crippen LogP contribution in [-0.4, -0.2) is 29.2 Å². The lowest BCUT2D eigenvalue weighted by atomic mass is 9.83. The van der Waals surface area contributed by atoms with Crippen LogP contribution in [0, 0.1) is 11.8 Å². The second-order valence-corrected chi connectivity index (χ2v) is 14.5. The maximum Gasteiger partial charge on any atom is 0.469 e. The van der Waals surface area contributed by atoms with E-state index in [1.807, 2.05) is 0 Å². The van der Waals surface area contributed by atoms with Crippen molar-refractivity contribution in [2.45, 2.75) is 206 Å². The van der Waals surface area contributed by atoms with Crippen LogP contribution in [0.2, 0.25) is 0 Å². The van der Waals surface area contributed by atoms with Crippen LogP contribution in [0.25, 0.3) is 0 Å². The van der Waals surface area contributed by atoms with Gasteiger partial charge < -0.3 is 9.79 Å². The van der Waals surface area contributed by atoms with Crippen molar-refractivity contribution in [2.24, 2.45) is 11.8 Å². The summed E-state index contributed by atoms with van der Waals surface area (Å²) < 4.78 is 44.9. The largest absolute Gasteiger partial charge is 0.469 e. The van der Waals surface area contributed by atoms with Crippen molar-refractivity contribution >= 4 is 7.82 Å². The summed E-state index contributed by atoms with van der Waals surface area (Å²) in [6.45, 7) is 3.00. The Bertz CT molecular complexity index is 604. The molecule has 0 spiro atoms. The van der Waals surface area contributed by atoms with E-state index in [9.17, 15) is 23.1 Å². The van der Waals surface area contributed by atoms with E-state index < -0.39 is 39.1 Å². The van der Waals surface area contributed by atoms with Gasteiger partial charge in [-0.15, -0.1) is 0 Å². The van der Waals surface area contributed by atoms with Gasteiger partial charge in [0.05, 0.1) is 19.5 Å². The highest BCUT2D eigenvalue weighted by molar-refractivity contribution is 7.46. The van der Waals surface area contributed by atoms with Crippen LogP contribution in [0.15, 0.2) is 0 Å². The second kappa shape index (κ2) is 31.9. The lowest BCUT2D eigenvalue weighted by molar-refractivity contribution is 0.0309. The van der Waals surface area contributed by atoms with Gasteiger partial charge in [-0.3, -0.25) is 13.3 Å². The number of phosphoric acid groups is 1. The van der Waals surface area contributed by atoms with Gasteiger partial charge in [-0.2, -0.15) is 0 Å². The van der Waals surface area contributed by atoms with Crippen LogP contribution in [0.3, 0.4) is 0 Å². The van der Waals surface area contributed by atoms with Crippen LogP contribution in [0.1, 0.15) is 200 Å². The van der Waals surface area contributed by atoms with Gasteiger partial charge in [-0.05, 0) is 18.8 Å². The third-order valence-electron chi connectivity index (χ3n) is 9.25. The zero-order valence-electron chi connectivity index (χ0n) is 28.6. The predicted molar refractivity (Wildman–Crippen MR) is 181 cm³/mol. The normalized spacial score (nSPS) is 14.3. The van der Waals surface area contributed by atoms with Gasteiger partial charge in [0.25, 0.3) is 0 Å². The molecule has 3 atom stereocenters. The molecule has 2 N–H and O–H groups in total. The van der Waals surface area contributed by atoms with Gasteiger partial charge in [0, 0.05) is 5.92 Å². The van der Waals surface area contributed by atoms with E-state index in [2.05, 4.69) is 13.8 Å². The van der Waals surface area contributed by atoms with E-state index >= 15 is 0 Å². The Morgan fingerprint density at radius 1 is 0.488 bits per heavy atom. The standard InChI is InChI=1S/C36H73F2O4P/c1-3-5-7-9-11-13-15-16-17-18-19-20-21-22-24-26-28-30-34(32-37)35(33-38)36(42-43(39,40)41)31-29-27-25-23-14-12-10-8-6-4-2/h34-36H,3-33H2,1-2H3,(H2,39,40,41). The zero-order chi connectivity index (χ0) is 31.9. The lowest BCUT2D eigenvalue weighted by Gasteiger charge is -2.30. The molecule has 0 aromatic rings. The fourth-order valence-corrected chi connectivity index (χ4v) is 7.03. The topological polar surface area (TPSA) is 66.8 Å². The quantitative estimate of drug-likeness (QED) is 0.0535. The summed E-state index contributed by atoms with van der Waals surface area (Å²) in [5.74, 6) is -1.36. The van der Waals surface area contributed by atoms with Crippen LogP contribution in [0.5, 0.6) is 0 Å². The molecule has 0 amide bonds. The molecule has 3 unspecified atom stereocenters. The maximum atomic E-state index is 14.1. The first-order chi connectivity index (χ1) is 20.9. The molecule has 4 nitrogen and oxygen atoms in total. The number of unbranched alkanes of at least 4 members (excludes halogenated alkanes) is 25. The van der Waals surface area contributed by atoms with Crippen LogP contribution in [0.4, 0.5) is 8.78 Å². The highest BCUT2D eigenvalue weighted by Crippen LogP contribution is 2.42. The van der Waals surface area contributed by atoms with Crippen LogP contribution >= 0.6 is 7.82 Å². The molecule has 0 rings (SSSR count). The average molecular weight is 639 g/mol. The molecule has 0 aliphatic rings. The highest BCUT2D eigenvalue weighted by atomic mass is 31.2. The molecule has 0 saturated heterocycles. The van der Waals surface area contributed by atoms with E-state index in [4.69, 9.17) is 4.52 Å². The maximum absolute atomic E-state index is 14.1. The SMILES string of the molecule is CCCCCCCCCCCCCCCCCCCC(CF)C(CF)C(CCCCCCCCCCCC)OP(=O)(O)O. The number of rotatable bonds is 35. The number of hydrogen-bond donors (Lipinski definition) is 2. The summed E-state index contributed by atoms with van der Waals surface area (Å²) in [7, 11) is -4.77.